The first-order chi connectivity index (χ1) is 9.99. The van der Waals surface area contributed by atoms with Gasteiger partial charge in [0.1, 0.15) is 9.88 Å². The van der Waals surface area contributed by atoms with Crippen LogP contribution in [0.3, 0.4) is 0 Å². The van der Waals surface area contributed by atoms with E-state index in [1.165, 1.54) is 18.4 Å². The van der Waals surface area contributed by atoms with Gasteiger partial charge < -0.3 is 20.7 Å². The third-order valence-corrected chi connectivity index (χ3v) is 5.66. The Morgan fingerprint density at radius 1 is 1.48 bits per heavy atom. The van der Waals surface area contributed by atoms with E-state index >= 15 is 0 Å². The van der Waals surface area contributed by atoms with Crippen LogP contribution in [0.15, 0.2) is 0 Å². The smallest absolute Gasteiger partial charge is 0.350 e. The molecule has 116 valence electrons. The zero-order valence-electron chi connectivity index (χ0n) is 12.3. The van der Waals surface area contributed by atoms with Gasteiger partial charge in [0.15, 0.2) is 0 Å². The molecular weight excluding hydrogens is 310 g/mol. The lowest BCUT2D eigenvalue weighted by Crippen LogP contribution is -2.37. The Labute approximate surface area is 132 Å². The van der Waals surface area contributed by atoms with E-state index in [0.29, 0.717) is 10.8 Å². The van der Waals surface area contributed by atoms with Crippen LogP contribution >= 0.6 is 23.1 Å². The highest BCUT2D eigenvalue weighted by molar-refractivity contribution is 8.00. The van der Waals surface area contributed by atoms with Gasteiger partial charge in [-0.2, -0.15) is 11.8 Å². The van der Waals surface area contributed by atoms with Crippen molar-refractivity contribution in [3.05, 3.63) is 10.4 Å². The first kappa shape index (κ1) is 16.0. The van der Waals surface area contributed by atoms with E-state index < -0.39 is 5.97 Å². The Hall–Kier alpha value is -1.41. The number of carbonyl (C=O) groups is 2. The number of nitrogen functional groups attached to an aromatic ring is 1. The number of thiophene rings is 1. The SMILES string of the molecule is CNC(=O)c1c(N2CCSC(C)C2)sc(C(=O)OC)c1N. The van der Waals surface area contributed by atoms with E-state index in [-0.39, 0.29) is 16.5 Å². The quantitative estimate of drug-likeness (QED) is 0.816. The van der Waals surface area contributed by atoms with Crippen molar-refractivity contribution in [1.82, 2.24) is 5.32 Å². The second kappa shape index (κ2) is 6.57. The number of hydrogen-bond donors (Lipinski definition) is 2. The van der Waals surface area contributed by atoms with Crippen molar-refractivity contribution in [2.24, 2.45) is 0 Å². The number of hydrogen-bond acceptors (Lipinski definition) is 7. The van der Waals surface area contributed by atoms with E-state index in [4.69, 9.17) is 10.5 Å². The molecule has 8 heteroatoms. The van der Waals surface area contributed by atoms with Gasteiger partial charge in [-0.3, -0.25) is 4.79 Å². The zero-order valence-corrected chi connectivity index (χ0v) is 13.9. The van der Waals surface area contributed by atoms with Crippen LogP contribution in [0.2, 0.25) is 0 Å². The molecular formula is C13H19N3O3S2. The van der Waals surface area contributed by atoms with Gasteiger partial charge in [-0.1, -0.05) is 6.92 Å². The molecule has 1 aromatic heterocycles. The molecule has 1 aromatic rings. The number of anilines is 2. The topological polar surface area (TPSA) is 84.7 Å². The number of ether oxygens (including phenoxy) is 1. The molecule has 2 rings (SSSR count). The summed E-state index contributed by atoms with van der Waals surface area (Å²) in [5, 5.41) is 3.81. The van der Waals surface area contributed by atoms with Gasteiger partial charge in [0, 0.05) is 31.1 Å². The average Bonchev–Trinajstić information content (AvgIpc) is 2.83. The minimum Gasteiger partial charge on any atom is -0.465 e. The molecule has 1 amide bonds. The lowest BCUT2D eigenvalue weighted by atomic mass is 10.2. The lowest BCUT2D eigenvalue weighted by Gasteiger charge is -2.31. The molecule has 2 heterocycles. The third kappa shape index (κ3) is 3.11. The average molecular weight is 329 g/mol. The molecule has 1 unspecified atom stereocenters. The van der Waals surface area contributed by atoms with Crippen molar-refractivity contribution in [1.29, 1.82) is 0 Å². The molecule has 0 spiro atoms. The molecule has 21 heavy (non-hydrogen) atoms. The Morgan fingerprint density at radius 2 is 2.19 bits per heavy atom. The summed E-state index contributed by atoms with van der Waals surface area (Å²) in [6.45, 7) is 3.81. The number of rotatable bonds is 3. The predicted octanol–water partition coefficient (Wildman–Crippen LogP) is 1.42. The fraction of sp³-hybridized carbons (Fsp3) is 0.538. The minimum absolute atomic E-state index is 0.201. The highest BCUT2D eigenvalue weighted by Crippen LogP contribution is 2.40. The third-order valence-electron chi connectivity index (χ3n) is 3.28. The minimum atomic E-state index is -0.506. The molecule has 1 saturated heterocycles. The Kier molecular flexibility index (Phi) is 5.00. The molecule has 1 aliphatic heterocycles. The summed E-state index contributed by atoms with van der Waals surface area (Å²) in [4.78, 5) is 26.4. The Balaban J connectivity index is 2.47. The molecule has 0 bridgehead atoms. The highest BCUT2D eigenvalue weighted by Gasteiger charge is 2.30. The van der Waals surface area contributed by atoms with E-state index in [2.05, 4.69) is 17.1 Å². The maximum absolute atomic E-state index is 12.1. The maximum Gasteiger partial charge on any atom is 0.350 e. The molecule has 3 N–H and O–H groups in total. The van der Waals surface area contributed by atoms with Crippen LogP contribution in [0.4, 0.5) is 10.7 Å². The van der Waals surface area contributed by atoms with Crippen LogP contribution < -0.4 is 16.0 Å². The normalized spacial score (nSPS) is 18.4. The van der Waals surface area contributed by atoms with Gasteiger partial charge in [0.05, 0.1) is 18.4 Å². The zero-order chi connectivity index (χ0) is 15.6. The van der Waals surface area contributed by atoms with Gasteiger partial charge in [0.25, 0.3) is 5.91 Å². The summed E-state index contributed by atoms with van der Waals surface area (Å²) in [7, 11) is 2.86. The summed E-state index contributed by atoms with van der Waals surface area (Å²) >= 11 is 3.13. The van der Waals surface area contributed by atoms with E-state index in [0.717, 1.165) is 23.8 Å². The summed E-state index contributed by atoms with van der Waals surface area (Å²) in [5.74, 6) is 0.202. The summed E-state index contributed by atoms with van der Waals surface area (Å²) < 4.78 is 4.74. The molecule has 1 fully saturated rings. The Morgan fingerprint density at radius 3 is 2.76 bits per heavy atom. The number of carbonyl (C=O) groups excluding carboxylic acids is 2. The van der Waals surface area contributed by atoms with Crippen LogP contribution in [-0.4, -0.2) is 50.1 Å². The van der Waals surface area contributed by atoms with Gasteiger partial charge in [-0.25, -0.2) is 4.79 Å². The largest absolute Gasteiger partial charge is 0.465 e. The lowest BCUT2D eigenvalue weighted by molar-refractivity contribution is 0.0607. The first-order valence-electron chi connectivity index (χ1n) is 6.58. The summed E-state index contributed by atoms with van der Waals surface area (Å²) in [5.41, 5.74) is 6.59. The van der Waals surface area contributed by atoms with Crippen LogP contribution in [0.1, 0.15) is 27.0 Å². The number of thioether (sulfide) groups is 1. The number of nitrogens with zero attached hydrogens (tertiary/aromatic N) is 1. The number of nitrogens with one attached hydrogen (secondary N) is 1. The molecule has 0 saturated carbocycles. The van der Waals surface area contributed by atoms with E-state index in [1.54, 1.807) is 7.05 Å². The molecule has 1 atom stereocenters. The fourth-order valence-corrected chi connectivity index (χ4v) is 4.43. The number of methoxy groups -OCH3 is 1. The second-order valence-electron chi connectivity index (χ2n) is 4.72. The van der Waals surface area contributed by atoms with Crippen LogP contribution in [0.25, 0.3) is 0 Å². The van der Waals surface area contributed by atoms with Gasteiger partial charge in [-0.05, 0) is 0 Å². The number of esters is 1. The van der Waals surface area contributed by atoms with Crippen LogP contribution in [0, 0.1) is 0 Å². The molecule has 0 aliphatic carbocycles. The molecule has 1 aliphatic rings. The van der Waals surface area contributed by atoms with Crippen molar-refractivity contribution in [3.8, 4) is 0 Å². The van der Waals surface area contributed by atoms with Gasteiger partial charge >= 0.3 is 5.97 Å². The number of amides is 1. The van der Waals surface area contributed by atoms with Crippen molar-refractivity contribution >= 4 is 45.7 Å². The fourth-order valence-electron chi connectivity index (χ4n) is 2.25. The van der Waals surface area contributed by atoms with Crippen molar-refractivity contribution in [3.63, 3.8) is 0 Å². The predicted molar refractivity (Wildman–Crippen MR) is 87.6 cm³/mol. The molecule has 0 aromatic carbocycles. The number of nitrogens with two attached hydrogens (primary N) is 1. The van der Waals surface area contributed by atoms with E-state index in [9.17, 15) is 9.59 Å². The van der Waals surface area contributed by atoms with Crippen molar-refractivity contribution < 1.29 is 14.3 Å². The van der Waals surface area contributed by atoms with Gasteiger partial charge in [-0.15, -0.1) is 11.3 Å². The maximum atomic E-state index is 12.1. The Bertz CT molecular complexity index is 559. The highest BCUT2D eigenvalue weighted by atomic mass is 32.2. The van der Waals surface area contributed by atoms with Crippen LogP contribution in [0.5, 0.6) is 0 Å². The van der Waals surface area contributed by atoms with Crippen molar-refractivity contribution in [2.45, 2.75) is 12.2 Å². The first-order valence-corrected chi connectivity index (χ1v) is 8.45. The van der Waals surface area contributed by atoms with Crippen LogP contribution in [-0.2, 0) is 4.74 Å². The second-order valence-corrected chi connectivity index (χ2v) is 7.27. The molecule has 0 radical (unpaired) electrons. The van der Waals surface area contributed by atoms with E-state index in [1.807, 2.05) is 11.8 Å². The summed E-state index contributed by atoms with van der Waals surface area (Å²) in [6.07, 6.45) is 0. The monoisotopic (exact) mass is 329 g/mol. The summed E-state index contributed by atoms with van der Waals surface area (Å²) in [6, 6.07) is 0. The van der Waals surface area contributed by atoms with Crippen molar-refractivity contribution in [2.75, 3.05) is 43.6 Å². The van der Waals surface area contributed by atoms with Gasteiger partial charge in [0.2, 0.25) is 0 Å². The molecule has 6 nitrogen and oxygen atoms in total. The standard InChI is InChI=1S/C13H19N3O3S2/c1-7-6-16(4-5-20-7)12-8(11(17)15-2)9(14)10(21-12)13(18)19-3/h7H,4-6,14H2,1-3H3,(H,15,17).